The summed E-state index contributed by atoms with van der Waals surface area (Å²) in [6, 6.07) is 8.35. The Balaban J connectivity index is 1.41. The minimum atomic E-state index is -0.238. The van der Waals surface area contributed by atoms with Crippen molar-refractivity contribution in [2.24, 2.45) is 0 Å². The molecule has 0 N–H and O–H groups in total. The van der Waals surface area contributed by atoms with E-state index in [4.69, 9.17) is 4.74 Å². The number of aryl methyl sites for hydroxylation is 1. The van der Waals surface area contributed by atoms with Crippen LogP contribution in [0.4, 0.5) is 4.39 Å². The largest absolute Gasteiger partial charge is 0.376 e. The van der Waals surface area contributed by atoms with Crippen LogP contribution in [0.3, 0.4) is 0 Å². The molecular weight excluding hydrogens is 385 g/mol. The van der Waals surface area contributed by atoms with Gasteiger partial charge in [0.15, 0.2) is 0 Å². The predicted octanol–water partition coefficient (Wildman–Crippen LogP) is 2.43. The number of rotatable bonds is 5. The third-order valence-corrected chi connectivity index (χ3v) is 5.99. The van der Waals surface area contributed by atoms with Crippen LogP contribution in [0.25, 0.3) is 0 Å². The van der Waals surface area contributed by atoms with Crippen molar-refractivity contribution >= 4 is 5.91 Å². The molecule has 2 saturated heterocycles. The highest BCUT2D eigenvalue weighted by molar-refractivity contribution is 5.95. The van der Waals surface area contributed by atoms with E-state index in [1.807, 2.05) is 13.0 Å². The average Bonchev–Trinajstić information content (AvgIpc) is 3.26. The zero-order valence-corrected chi connectivity index (χ0v) is 17.3. The standard InChI is InChI=1S/C23H28FN3O3/c1-17-8-9-27(16-20-3-2-14-30-20)23(29)21(17)22(28)26-12-10-25(11-13-26)15-18-4-6-19(24)7-5-18/h4-9,20H,2-3,10-16H2,1H3. The molecule has 1 aromatic carbocycles. The van der Waals surface area contributed by atoms with Gasteiger partial charge in [-0.15, -0.1) is 0 Å². The van der Waals surface area contributed by atoms with Gasteiger partial charge in [0.1, 0.15) is 11.4 Å². The van der Waals surface area contributed by atoms with E-state index in [1.165, 1.54) is 12.1 Å². The van der Waals surface area contributed by atoms with Crippen LogP contribution >= 0.6 is 0 Å². The Bertz CT molecular complexity index is 943. The molecule has 4 rings (SSSR count). The molecule has 2 fully saturated rings. The van der Waals surface area contributed by atoms with Gasteiger partial charge in [-0.2, -0.15) is 0 Å². The summed E-state index contributed by atoms with van der Waals surface area (Å²) < 4.78 is 20.3. The summed E-state index contributed by atoms with van der Waals surface area (Å²) in [5, 5.41) is 0. The maximum atomic E-state index is 13.2. The molecule has 2 aromatic rings. The Morgan fingerprint density at radius 2 is 1.87 bits per heavy atom. The van der Waals surface area contributed by atoms with Crippen LogP contribution in [0.15, 0.2) is 41.3 Å². The quantitative estimate of drug-likeness (QED) is 0.756. The number of hydrogen-bond donors (Lipinski definition) is 0. The lowest BCUT2D eigenvalue weighted by Gasteiger charge is -2.35. The molecule has 160 valence electrons. The fourth-order valence-corrected chi connectivity index (χ4v) is 4.19. The Kier molecular flexibility index (Phi) is 6.29. The third-order valence-electron chi connectivity index (χ3n) is 5.99. The van der Waals surface area contributed by atoms with E-state index in [1.54, 1.807) is 27.8 Å². The van der Waals surface area contributed by atoms with Crippen LogP contribution in [-0.4, -0.2) is 59.2 Å². The Morgan fingerprint density at radius 3 is 2.53 bits per heavy atom. The highest BCUT2D eigenvalue weighted by atomic mass is 19.1. The van der Waals surface area contributed by atoms with Crippen LogP contribution < -0.4 is 5.56 Å². The minimum Gasteiger partial charge on any atom is -0.376 e. The molecule has 2 aliphatic heterocycles. The molecule has 0 spiro atoms. The van der Waals surface area contributed by atoms with Crippen LogP contribution in [0.2, 0.25) is 0 Å². The van der Waals surface area contributed by atoms with E-state index in [0.29, 0.717) is 25.2 Å². The van der Waals surface area contributed by atoms with Crippen molar-refractivity contribution in [2.45, 2.75) is 39.0 Å². The highest BCUT2D eigenvalue weighted by Gasteiger charge is 2.26. The number of benzene rings is 1. The van der Waals surface area contributed by atoms with Gasteiger partial charge in [0.05, 0.1) is 12.6 Å². The van der Waals surface area contributed by atoms with Crippen molar-refractivity contribution in [1.29, 1.82) is 0 Å². The zero-order valence-electron chi connectivity index (χ0n) is 17.3. The maximum absolute atomic E-state index is 13.2. The number of nitrogens with zero attached hydrogens (tertiary/aromatic N) is 3. The SMILES string of the molecule is Cc1ccn(CC2CCCO2)c(=O)c1C(=O)N1CCN(Cc2ccc(F)cc2)CC1. The third kappa shape index (κ3) is 4.63. The second-order valence-electron chi connectivity index (χ2n) is 8.16. The molecule has 3 heterocycles. The summed E-state index contributed by atoms with van der Waals surface area (Å²) >= 11 is 0. The first-order valence-electron chi connectivity index (χ1n) is 10.6. The van der Waals surface area contributed by atoms with Gasteiger partial charge in [-0.25, -0.2) is 4.39 Å². The van der Waals surface area contributed by atoms with Gasteiger partial charge in [-0.05, 0) is 49.1 Å². The number of piperazine rings is 1. The first kappa shape index (κ1) is 20.8. The lowest BCUT2D eigenvalue weighted by Crippen LogP contribution is -2.49. The van der Waals surface area contributed by atoms with Gasteiger partial charge < -0.3 is 14.2 Å². The molecule has 1 amide bonds. The zero-order chi connectivity index (χ0) is 21.1. The van der Waals surface area contributed by atoms with Crippen LogP contribution in [-0.2, 0) is 17.8 Å². The second kappa shape index (κ2) is 9.10. The normalized spacial score (nSPS) is 19.9. The molecule has 0 aliphatic carbocycles. The van der Waals surface area contributed by atoms with E-state index in [0.717, 1.165) is 44.6 Å². The monoisotopic (exact) mass is 413 g/mol. The molecule has 30 heavy (non-hydrogen) atoms. The summed E-state index contributed by atoms with van der Waals surface area (Å²) in [4.78, 5) is 30.2. The molecule has 1 atom stereocenters. The molecule has 6 nitrogen and oxygen atoms in total. The van der Waals surface area contributed by atoms with Gasteiger partial charge in [-0.3, -0.25) is 14.5 Å². The number of carbonyl (C=O) groups is 1. The van der Waals surface area contributed by atoms with Crippen molar-refractivity contribution in [3.05, 3.63) is 69.4 Å². The summed E-state index contributed by atoms with van der Waals surface area (Å²) in [7, 11) is 0. The summed E-state index contributed by atoms with van der Waals surface area (Å²) in [5.41, 5.74) is 1.79. The number of aromatic nitrogens is 1. The van der Waals surface area contributed by atoms with E-state index >= 15 is 0 Å². The maximum Gasteiger partial charge on any atom is 0.263 e. The molecule has 0 saturated carbocycles. The first-order valence-corrected chi connectivity index (χ1v) is 10.6. The summed E-state index contributed by atoms with van der Waals surface area (Å²) in [5.74, 6) is -0.432. The number of amides is 1. The van der Waals surface area contributed by atoms with Gasteiger partial charge in [0.25, 0.3) is 11.5 Å². The lowest BCUT2D eigenvalue weighted by atomic mass is 10.1. The van der Waals surface area contributed by atoms with Crippen molar-refractivity contribution < 1.29 is 13.9 Å². The number of hydrogen-bond acceptors (Lipinski definition) is 4. The van der Waals surface area contributed by atoms with E-state index in [-0.39, 0.29) is 29.0 Å². The smallest absolute Gasteiger partial charge is 0.263 e. The van der Waals surface area contributed by atoms with Crippen LogP contribution in [0.1, 0.15) is 34.3 Å². The number of ether oxygens (including phenoxy) is 1. The summed E-state index contributed by atoms with van der Waals surface area (Å²) in [6.45, 7) is 6.35. The van der Waals surface area contributed by atoms with Crippen LogP contribution in [0.5, 0.6) is 0 Å². The topological polar surface area (TPSA) is 54.8 Å². The summed E-state index contributed by atoms with van der Waals surface area (Å²) in [6.07, 6.45) is 3.76. The Hall–Kier alpha value is -2.51. The predicted molar refractivity (Wildman–Crippen MR) is 112 cm³/mol. The van der Waals surface area contributed by atoms with Crippen LogP contribution in [0, 0.1) is 12.7 Å². The molecule has 1 unspecified atom stereocenters. The molecular formula is C23H28FN3O3. The molecule has 7 heteroatoms. The lowest BCUT2D eigenvalue weighted by molar-refractivity contribution is 0.0623. The Morgan fingerprint density at radius 1 is 1.13 bits per heavy atom. The molecule has 0 radical (unpaired) electrons. The van der Waals surface area contributed by atoms with Gasteiger partial charge in [-0.1, -0.05) is 12.1 Å². The highest BCUT2D eigenvalue weighted by Crippen LogP contribution is 2.15. The number of carbonyl (C=O) groups excluding carboxylic acids is 1. The first-order chi connectivity index (χ1) is 14.5. The van der Waals surface area contributed by atoms with E-state index in [9.17, 15) is 14.0 Å². The van der Waals surface area contributed by atoms with E-state index < -0.39 is 0 Å². The van der Waals surface area contributed by atoms with Crippen molar-refractivity contribution in [3.8, 4) is 0 Å². The molecule has 1 aromatic heterocycles. The average molecular weight is 413 g/mol. The van der Waals surface area contributed by atoms with Gasteiger partial charge in [0, 0.05) is 45.5 Å². The Labute approximate surface area is 175 Å². The van der Waals surface area contributed by atoms with Gasteiger partial charge in [0.2, 0.25) is 0 Å². The fraction of sp³-hybridized carbons (Fsp3) is 0.478. The molecule has 2 aliphatic rings. The molecule has 0 bridgehead atoms. The minimum absolute atomic E-state index is 0.0448. The van der Waals surface area contributed by atoms with Crippen molar-refractivity contribution in [1.82, 2.24) is 14.4 Å². The van der Waals surface area contributed by atoms with Gasteiger partial charge >= 0.3 is 0 Å². The second-order valence-corrected chi connectivity index (χ2v) is 8.16. The number of halogens is 1. The van der Waals surface area contributed by atoms with E-state index in [2.05, 4.69) is 4.90 Å². The van der Waals surface area contributed by atoms with Crippen molar-refractivity contribution in [2.75, 3.05) is 32.8 Å². The number of pyridine rings is 1. The van der Waals surface area contributed by atoms with Crippen molar-refractivity contribution in [3.63, 3.8) is 0 Å². The fourth-order valence-electron chi connectivity index (χ4n) is 4.19.